The summed E-state index contributed by atoms with van der Waals surface area (Å²) in [5, 5.41) is 54.9. The third-order valence-corrected chi connectivity index (χ3v) is 3.50. The third kappa shape index (κ3) is 145. The van der Waals surface area contributed by atoms with Gasteiger partial charge in [-0.3, -0.25) is 19.9 Å². The van der Waals surface area contributed by atoms with Crippen molar-refractivity contribution in [3.05, 3.63) is 120 Å². The average molecular weight is 1200 g/mol. The monoisotopic (exact) mass is 1200 g/mol. The summed E-state index contributed by atoms with van der Waals surface area (Å²) in [5.74, 6) is 0. The van der Waals surface area contributed by atoms with Crippen molar-refractivity contribution >= 4 is 0 Å². The van der Waals surface area contributed by atoms with E-state index in [9.17, 15) is 20.4 Å². The minimum absolute atomic E-state index is 0. The Hall–Kier alpha value is -2.06. The summed E-state index contributed by atoms with van der Waals surface area (Å²) in [7, 11) is -19.8. The second kappa shape index (κ2) is 60.9. The maximum absolute atomic E-state index is 10.1. The van der Waals surface area contributed by atoms with Crippen LogP contribution in [-0.2, 0) is 106 Å². The van der Waals surface area contributed by atoms with Gasteiger partial charge in [0, 0.05) is 61.4 Å². The normalized spacial score (nSPS) is 8.56. The Kier molecular flexibility index (Phi) is 87.8. The summed E-state index contributed by atoms with van der Waals surface area (Å²) in [6.45, 7) is 1.98. The average Bonchev–Trinajstić information content (AvgIpc) is 3.12. The van der Waals surface area contributed by atoms with Gasteiger partial charge in [0.25, 0.3) is 0 Å². The minimum Gasteiger partial charge on any atom is -0.850 e. The van der Waals surface area contributed by atoms with Crippen molar-refractivity contribution in [1.82, 2.24) is 19.9 Å². The molecule has 0 unspecified atom stereocenters. The molecular formula is C28H36Cl4Cu4N6O22+2. The second-order valence-corrected chi connectivity index (χ2v) is 10.8. The van der Waals surface area contributed by atoms with E-state index in [1.807, 2.05) is 0 Å². The van der Waals surface area contributed by atoms with Gasteiger partial charge in [0.1, 0.15) is 0 Å². The summed E-state index contributed by atoms with van der Waals surface area (Å²) in [6.07, 6.45) is 6.47. The molecule has 0 aromatic carbocycles. The van der Waals surface area contributed by atoms with Crippen molar-refractivity contribution in [1.29, 1.82) is 10.5 Å². The van der Waals surface area contributed by atoms with Crippen LogP contribution in [0.5, 0.6) is 0 Å². The molecular weight excluding hydrogens is 1170 g/mol. The van der Waals surface area contributed by atoms with E-state index in [4.69, 9.17) is 85.1 Å². The summed E-state index contributed by atoms with van der Waals surface area (Å²) in [5.41, 5.74) is 2.42. The Morgan fingerprint density at radius 2 is 0.469 bits per heavy atom. The molecule has 4 heterocycles. The van der Waals surface area contributed by atoms with Crippen molar-refractivity contribution in [3.8, 4) is 12.1 Å². The Morgan fingerprint density at radius 1 is 0.359 bits per heavy atom. The molecule has 0 saturated carbocycles. The van der Waals surface area contributed by atoms with Gasteiger partial charge in [0.05, 0.1) is 12.1 Å². The van der Waals surface area contributed by atoms with Crippen LogP contribution in [0.25, 0.3) is 0 Å². The molecule has 0 aliphatic carbocycles. The molecule has 380 valence electrons. The standard InChI is InChI=1S/4C6H6NO.2C2H3N.4ClHO4.4Cu.2H2O/c4*8-5-6-3-1-2-4-7-6;2*1-2-3;4*2-1(3,4)5;;;;;;/h4*1-4H,5H2;2*1H3;4*(H,2,3,4,5);;;;;2*1H2/q4*-1;;;;;;;4*+2;;/p-2. The largest absolute Gasteiger partial charge is 2.00 e. The van der Waals surface area contributed by atoms with Crippen molar-refractivity contribution in [2.75, 3.05) is 0 Å². The second-order valence-electron chi connectivity index (χ2n) is 7.82. The molecule has 64 heavy (non-hydrogen) atoms. The third-order valence-electron chi connectivity index (χ3n) is 3.50. The first-order chi connectivity index (χ1) is 26.6. The van der Waals surface area contributed by atoms with E-state index < -0.39 is 41.0 Å². The number of aromatic nitrogens is 4. The Labute approximate surface area is 415 Å². The van der Waals surface area contributed by atoms with Gasteiger partial charge >= 0.3 is 68.3 Å². The molecule has 28 nitrogen and oxygen atoms in total. The molecule has 4 radical (unpaired) electrons. The van der Waals surface area contributed by atoms with Crippen molar-refractivity contribution in [2.24, 2.45) is 0 Å². The van der Waals surface area contributed by atoms with Gasteiger partial charge in [0.15, 0.2) is 0 Å². The number of halogens is 4. The fourth-order valence-electron chi connectivity index (χ4n) is 1.93. The zero-order chi connectivity index (χ0) is 46.7. The van der Waals surface area contributed by atoms with Crippen molar-refractivity contribution < 1.29 is 215 Å². The van der Waals surface area contributed by atoms with Gasteiger partial charge in [-0.1, -0.05) is 50.7 Å². The van der Waals surface area contributed by atoms with Gasteiger partial charge < -0.3 is 31.4 Å². The molecule has 4 aromatic rings. The zero-order valence-corrected chi connectivity index (χ0v) is 38.6. The van der Waals surface area contributed by atoms with E-state index in [1.54, 1.807) is 110 Å². The van der Waals surface area contributed by atoms with E-state index in [1.165, 1.54) is 13.8 Å². The fourth-order valence-corrected chi connectivity index (χ4v) is 1.93. The molecule has 0 bridgehead atoms. The quantitative estimate of drug-likeness (QED) is 0.135. The summed E-state index contributed by atoms with van der Waals surface area (Å²) < 4.78 is 136. The molecule has 0 atom stereocenters. The summed E-state index contributed by atoms with van der Waals surface area (Å²) >= 11 is 0. The van der Waals surface area contributed by atoms with Gasteiger partial charge in [-0.25, -0.2) is 74.5 Å². The Bertz CT molecular complexity index is 1280. The molecule has 0 fully saturated rings. The molecule has 4 rings (SSSR count). The van der Waals surface area contributed by atoms with E-state index in [2.05, 4.69) is 19.9 Å². The first-order valence-electron chi connectivity index (χ1n) is 13.6. The zero-order valence-electron chi connectivity index (χ0n) is 31.8. The first-order valence-corrected chi connectivity index (χ1v) is 18.5. The number of pyridine rings is 4. The molecule has 0 spiro atoms. The SMILES string of the molecule is CC#N.CC#N.[Cu+2].[Cu+2].[Cu+2].[Cu+2].[O-]Cc1ccccn1.[O-]Cc1ccccn1.[O-]Cc1ccccn1.[O-]Cc1ccccn1.[O-][Cl+3]([O-])([O-])[O-].[O-][Cl+3]([O-])([O-])[O-].[O-][Cl+3]([O-])([O-])[O-].[O-][Cl+3]([O-])([O-])[O-].[OH3+].[OH3+]. The van der Waals surface area contributed by atoms with Crippen LogP contribution >= 0.6 is 0 Å². The van der Waals surface area contributed by atoms with Crippen LogP contribution < -0.4 is 95.0 Å². The van der Waals surface area contributed by atoms with E-state index in [-0.39, 0.29) is 106 Å². The maximum atomic E-state index is 10.1. The van der Waals surface area contributed by atoms with Crippen LogP contribution in [0.4, 0.5) is 0 Å². The number of nitriles is 2. The predicted octanol–water partition coefficient (Wildman–Crippen LogP) is -20.1. The smallest absolute Gasteiger partial charge is 0.850 e. The van der Waals surface area contributed by atoms with E-state index in [0.717, 1.165) is 0 Å². The van der Waals surface area contributed by atoms with Gasteiger partial charge in [-0.15, -0.1) is 41.0 Å². The van der Waals surface area contributed by atoms with E-state index in [0.29, 0.717) is 22.8 Å². The molecule has 0 aliphatic heterocycles. The van der Waals surface area contributed by atoms with Gasteiger partial charge in [-0.2, -0.15) is 10.5 Å². The van der Waals surface area contributed by atoms with E-state index >= 15 is 0 Å². The minimum atomic E-state index is -4.94. The number of nitrogens with zero attached hydrogens (tertiary/aromatic N) is 6. The summed E-state index contributed by atoms with van der Waals surface area (Å²) in [6, 6.07) is 24.7. The number of hydrogen-bond donors (Lipinski definition) is 0. The Balaban J connectivity index is -0.0000000472. The van der Waals surface area contributed by atoms with Crippen LogP contribution in [0.2, 0.25) is 0 Å². The van der Waals surface area contributed by atoms with Crippen LogP contribution in [0, 0.1) is 63.6 Å². The van der Waals surface area contributed by atoms with Gasteiger partial charge in [-0.05, 0) is 48.5 Å². The van der Waals surface area contributed by atoms with Crippen LogP contribution in [0.1, 0.15) is 36.6 Å². The van der Waals surface area contributed by atoms with Crippen molar-refractivity contribution in [2.45, 2.75) is 40.3 Å². The van der Waals surface area contributed by atoms with Crippen LogP contribution in [0.3, 0.4) is 0 Å². The molecule has 36 heteroatoms. The molecule has 4 aromatic heterocycles. The first kappa shape index (κ1) is 92.2. The van der Waals surface area contributed by atoms with Crippen molar-refractivity contribution in [3.63, 3.8) is 0 Å². The summed E-state index contributed by atoms with van der Waals surface area (Å²) in [4.78, 5) is 15.1. The van der Waals surface area contributed by atoms with Crippen LogP contribution in [-0.4, -0.2) is 19.9 Å². The molecule has 0 aliphatic rings. The predicted molar refractivity (Wildman–Crippen MR) is 144 cm³/mol. The van der Waals surface area contributed by atoms with Gasteiger partial charge in [0.2, 0.25) is 0 Å². The molecule has 6 N–H and O–H groups in total. The number of rotatable bonds is 4. The van der Waals surface area contributed by atoms with Crippen LogP contribution in [0.15, 0.2) is 97.6 Å². The Morgan fingerprint density at radius 3 is 0.516 bits per heavy atom. The molecule has 0 saturated heterocycles. The topological polar surface area (TPSA) is 626 Å². The fraction of sp³-hybridized carbons (Fsp3) is 0.214. The molecule has 0 amide bonds. The maximum Gasteiger partial charge on any atom is 2.00 e. The number of hydrogen-bond acceptors (Lipinski definition) is 26.